The van der Waals surface area contributed by atoms with Gasteiger partial charge in [0.2, 0.25) is 5.91 Å². The predicted octanol–water partition coefficient (Wildman–Crippen LogP) is 3.77. The van der Waals surface area contributed by atoms with Crippen LogP contribution in [-0.4, -0.2) is 62.2 Å². The largest absolute Gasteiger partial charge is 0.353 e. The topological polar surface area (TPSA) is 74.2 Å². The van der Waals surface area contributed by atoms with E-state index in [4.69, 9.17) is 4.98 Å². The van der Waals surface area contributed by atoms with Gasteiger partial charge in [0.05, 0.1) is 17.0 Å². The third kappa shape index (κ3) is 5.18. The van der Waals surface area contributed by atoms with E-state index in [1.54, 1.807) is 4.57 Å². The molecule has 0 aliphatic carbocycles. The van der Waals surface area contributed by atoms with Gasteiger partial charge in [-0.25, -0.2) is 4.98 Å². The van der Waals surface area contributed by atoms with Crippen molar-refractivity contribution in [2.24, 2.45) is 0 Å². The Labute approximate surface area is 208 Å². The number of H-pyrrole nitrogens is 1. The van der Waals surface area contributed by atoms with Crippen LogP contribution in [0.5, 0.6) is 0 Å². The van der Waals surface area contributed by atoms with Crippen molar-refractivity contribution in [2.45, 2.75) is 25.5 Å². The molecule has 8 heteroatoms. The van der Waals surface area contributed by atoms with E-state index in [-0.39, 0.29) is 17.2 Å². The van der Waals surface area contributed by atoms with E-state index in [0.29, 0.717) is 29.3 Å². The fraction of sp³-hybridized carbons (Fsp3) is 0.296. The summed E-state index contributed by atoms with van der Waals surface area (Å²) in [6.45, 7) is 7.95. The third-order valence-corrected chi connectivity index (χ3v) is 7.27. The number of hydrogen-bond donors (Lipinski definition) is 1. The minimum Gasteiger partial charge on any atom is -0.353 e. The van der Waals surface area contributed by atoms with Gasteiger partial charge in [0, 0.05) is 38.4 Å². The molecule has 0 saturated carbocycles. The molecule has 0 atom stereocenters. The first-order valence-corrected chi connectivity index (χ1v) is 12.8. The minimum atomic E-state index is -0.156. The summed E-state index contributed by atoms with van der Waals surface area (Å²) >= 11 is 1.32. The number of nitrogens with one attached hydrogen (secondary N) is 1. The monoisotopic (exact) mass is 487 g/mol. The van der Waals surface area contributed by atoms with Crippen molar-refractivity contribution in [1.82, 2.24) is 24.3 Å². The Kier molecular flexibility index (Phi) is 6.74. The molecule has 0 spiro atoms. The van der Waals surface area contributed by atoms with Gasteiger partial charge in [-0.15, -0.1) is 0 Å². The lowest BCUT2D eigenvalue weighted by molar-refractivity contribution is -0.130. The molecule has 4 aromatic rings. The SMILES string of the molecule is Cc1ccc(-n2c(SCC(=O)N3CCN(Cc4ccccc4)CC3)nc3cc(C)[nH]c3c2=O)cc1. The Morgan fingerprint density at radius 1 is 1.00 bits per heavy atom. The lowest BCUT2D eigenvalue weighted by Gasteiger charge is -2.34. The van der Waals surface area contributed by atoms with Crippen molar-refractivity contribution in [1.29, 1.82) is 0 Å². The molecule has 1 N–H and O–H groups in total. The first-order valence-electron chi connectivity index (χ1n) is 11.8. The molecule has 7 nitrogen and oxygen atoms in total. The smallest absolute Gasteiger partial charge is 0.283 e. The first kappa shape index (κ1) is 23.4. The molecule has 3 heterocycles. The summed E-state index contributed by atoms with van der Waals surface area (Å²) in [6, 6.07) is 20.1. The Balaban J connectivity index is 1.30. The van der Waals surface area contributed by atoms with Gasteiger partial charge in [-0.2, -0.15) is 0 Å². The van der Waals surface area contributed by atoms with Gasteiger partial charge in [-0.1, -0.05) is 59.8 Å². The fourth-order valence-electron chi connectivity index (χ4n) is 4.41. The number of carbonyl (C=O) groups is 1. The zero-order valence-corrected chi connectivity index (χ0v) is 20.8. The molecule has 1 fully saturated rings. The van der Waals surface area contributed by atoms with Crippen LogP contribution >= 0.6 is 11.8 Å². The number of hydrogen-bond acceptors (Lipinski definition) is 5. The highest BCUT2D eigenvalue weighted by atomic mass is 32.2. The second kappa shape index (κ2) is 10.1. The third-order valence-electron chi connectivity index (χ3n) is 6.35. The summed E-state index contributed by atoms with van der Waals surface area (Å²) in [5.41, 5.74) is 4.98. The number of benzene rings is 2. The summed E-state index contributed by atoms with van der Waals surface area (Å²) in [5, 5.41) is 0.529. The Morgan fingerprint density at radius 3 is 2.43 bits per heavy atom. The number of fused-ring (bicyclic) bond motifs is 1. The van der Waals surface area contributed by atoms with Gasteiger partial charge in [-0.05, 0) is 37.6 Å². The van der Waals surface area contributed by atoms with Crippen LogP contribution in [0.3, 0.4) is 0 Å². The highest BCUT2D eigenvalue weighted by Crippen LogP contribution is 2.23. The minimum absolute atomic E-state index is 0.0735. The maximum atomic E-state index is 13.4. The summed E-state index contributed by atoms with van der Waals surface area (Å²) in [7, 11) is 0. The molecule has 0 unspecified atom stereocenters. The van der Waals surface area contributed by atoms with Crippen LogP contribution in [-0.2, 0) is 11.3 Å². The summed E-state index contributed by atoms with van der Waals surface area (Å²) < 4.78 is 1.60. The molecule has 35 heavy (non-hydrogen) atoms. The number of aromatic amines is 1. The van der Waals surface area contributed by atoms with Crippen molar-refractivity contribution in [3.63, 3.8) is 0 Å². The average Bonchev–Trinajstić information content (AvgIpc) is 3.25. The van der Waals surface area contributed by atoms with E-state index in [1.165, 1.54) is 17.3 Å². The quantitative estimate of drug-likeness (QED) is 0.331. The standard InChI is InChI=1S/C27H29N5O2S/c1-19-8-10-22(11-9-19)32-26(34)25-23(16-20(2)28-25)29-27(32)35-18-24(33)31-14-12-30(13-15-31)17-21-6-4-3-5-7-21/h3-11,16,28H,12-15,17-18H2,1-2H3. The average molecular weight is 488 g/mol. The van der Waals surface area contributed by atoms with Crippen molar-refractivity contribution in [2.75, 3.05) is 31.9 Å². The number of piperazine rings is 1. The lowest BCUT2D eigenvalue weighted by atomic mass is 10.2. The van der Waals surface area contributed by atoms with Gasteiger partial charge in [0.1, 0.15) is 5.52 Å². The van der Waals surface area contributed by atoms with Crippen molar-refractivity contribution in [3.8, 4) is 5.69 Å². The number of carbonyl (C=O) groups excluding carboxylic acids is 1. The molecule has 1 aliphatic heterocycles. The highest BCUT2D eigenvalue weighted by molar-refractivity contribution is 7.99. The number of aromatic nitrogens is 3. The summed E-state index contributed by atoms with van der Waals surface area (Å²) in [5.74, 6) is 0.315. The van der Waals surface area contributed by atoms with Crippen LogP contribution in [0.25, 0.3) is 16.7 Å². The molecular weight excluding hydrogens is 458 g/mol. The number of rotatable bonds is 6. The molecule has 5 rings (SSSR count). The van der Waals surface area contributed by atoms with Crippen LogP contribution in [0.15, 0.2) is 70.6 Å². The number of aryl methyl sites for hydroxylation is 2. The van der Waals surface area contributed by atoms with Gasteiger partial charge in [0.25, 0.3) is 5.56 Å². The Hall–Kier alpha value is -3.36. The van der Waals surface area contributed by atoms with Crippen LogP contribution in [0.1, 0.15) is 16.8 Å². The summed E-state index contributed by atoms with van der Waals surface area (Å²) in [4.78, 5) is 38.6. The van der Waals surface area contributed by atoms with Crippen LogP contribution < -0.4 is 5.56 Å². The first-order chi connectivity index (χ1) is 17.0. The van der Waals surface area contributed by atoms with E-state index in [1.807, 2.05) is 55.1 Å². The fourth-order valence-corrected chi connectivity index (χ4v) is 5.33. The van der Waals surface area contributed by atoms with Crippen LogP contribution in [0.2, 0.25) is 0 Å². The zero-order chi connectivity index (χ0) is 24.4. The van der Waals surface area contributed by atoms with E-state index in [0.717, 1.165) is 36.6 Å². The van der Waals surface area contributed by atoms with Crippen molar-refractivity contribution < 1.29 is 4.79 Å². The number of nitrogens with zero attached hydrogens (tertiary/aromatic N) is 4. The maximum absolute atomic E-state index is 13.4. The zero-order valence-electron chi connectivity index (χ0n) is 20.0. The van der Waals surface area contributed by atoms with E-state index < -0.39 is 0 Å². The highest BCUT2D eigenvalue weighted by Gasteiger charge is 2.22. The predicted molar refractivity (Wildman–Crippen MR) is 140 cm³/mol. The Morgan fingerprint density at radius 2 is 1.71 bits per heavy atom. The van der Waals surface area contributed by atoms with E-state index >= 15 is 0 Å². The molecule has 0 bridgehead atoms. The molecule has 1 amide bonds. The molecule has 2 aromatic heterocycles. The van der Waals surface area contributed by atoms with Crippen LogP contribution in [0, 0.1) is 13.8 Å². The van der Waals surface area contributed by atoms with E-state index in [2.05, 4.69) is 34.1 Å². The molecule has 1 aliphatic rings. The lowest BCUT2D eigenvalue weighted by Crippen LogP contribution is -2.48. The van der Waals surface area contributed by atoms with Gasteiger partial charge < -0.3 is 9.88 Å². The van der Waals surface area contributed by atoms with Crippen LogP contribution in [0.4, 0.5) is 0 Å². The van der Waals surface area contributed by atoms with Crippen molar-refractivity contribution in [3.05, 3.63) is 87.8 Å². The second-order valence-corrected chi connectivity index (χ2v) is 9.96. The molecule has 0 radical (unpaired) electrons. The number of amides is 1. The normalized spacial score (nSPS) is 14.5. The van der Waals surface area contributed by atoms with Crippen molar-refractivity contribution >= 4 is 28.7 Å². The van der Waals surface area contributed by atoms with Gasteiger partial charge in [-0.3, -0.25) is 19.1 Å². The van der Waals surface area contributed by atoms with Gasteiger partial charge >= 0.3 is 0 Å². The Bertz CT molecular complexity index is 1390. The molecule has 180 valence electrons. The molecule has 2 aromatic carbocycles. The molecular formula is C27H29N5O2S. The van der Waals surface area contributed by atoms with Gasteiger partial charge in [0.15, 0.2) is 5.16 Å². The van der Waals surface area contributed by atoms with E-state index in [9.17, 15) is 9.59 Å². The summed E-state index contributed by atoms with van der Waals surface area (Å²) in [6.07, 6.45) is 0. The number of thioether (sulfide) groups is 1. The maximum Gasteiger partial charge on any atom is 0.283 e. The molecule has 1 saturated heterocycles. The second-order valence-electron chi connectivity index (χ2n) is 9.01.